The Kier molecular flexibility index (Phi) is 4.21. The third-order valence-corrected chi connectivity index (χ3v) is 3.63. The van der Waals surface area contributed by atoms with E-state index in [0.29, 0.717) is 5.84 Å². The summed E-state index contributed by atoms with van der Waals surface area (Å²) in [6.45, 7) is 0. The van der Waals surface area contributed by atoms with Crippen molar-refractivity contribution < 1.29 is 10.3 Å². The predicted molar refractivity (Wildman–Crippen MR) is 76.2 cm³/mol. The quantitative estimate of drug-likeness (QED) is 0.573. The van der Waals surface area contributed by atoms with Gasteiger partial charge in [-0.15, -0.1) is 10.1 Å². The monoisotopic (exact) mass is 289 g/mol. The maximum Gasteiger partial charge on any atom is 0.291 e. The second kappa shape index (κ2) is 6.07. The molecule has 0 unspecified atom stereocenters. The van der Waals surface area contributed by atoms with Crippen molar-refractivity contribution in [2.75, 3.05) is 0 Å². The van der Waals surface area contributed by atoms with E-state index in [2.05, 4.69) is 17.1 Å². The number of rotatable bonds is 0. The van der Waals surface area contributed by atoms with Crippen molar-refractivity contribution >= 4 is 23.3 Å². The van der Waals surface area contributed by atoms with Crippen molar-refractivity contribution in [2.45, 2.75) is 9.79 Å². The van der Waals surface area contributed by atoms with E-state index in [0.717, 1.165) is 21.0 Å². The molecule has 2 aromatic carbocycles. The molecule has 0 aliphatic carbocycles. The van der Waals surface area contributed by atoms with Gasteiger partial charge in [-0.05, 0) is 18.2 Å². The van der Waals surface area contributed by atoms with E-state index >= 15 is 0 Å². The number of aliphatic imine (C=N–C) groups is 1. The molecule has 0 saturated carbocycles. The molecule has 0 spiro atoms. The van der Waals surface area contributed by atoms with Crippen molar-refractivity contribution in [3.63, 3.8) is 0 Å². The summed E-state index contributed by atoms with van der Waals surface area (Å²) in [6.07, 6.45) is 0. The van der Waals surface area contributed by atoms with Crippen LogP contribution in [0.5, 0.6) is 0 Å². The summed E-state index contributed by atoms with van der Waals surface area (Å²) in [5.74, 6) is 0.591. The Labute approximate surface area is 119 Å². The number of fused-ring (bicyclic) bond motifs is 2. The Bertz CT molecular complexity index is 669. The van der Waals surface area contributed by atoms with Gasteiger partial charge in [0, 0.05) is 15.4 Å². The summed E-state index contributed by atoms with van der Waals surface area (Å²) >= 11 is 1.71. The summed E-state index contributed by atoms with van der Waals surface area (Å²) in [7, 11) is 0. The third-order valence-electron chi connectivity index (χ3n) is 2.49. The molecular weight excluding hydrogens is 278 g/mol. The van der Waals surface area contributed by atoms with Crippen LogP contribution in [0, 0.1) is 10.1 Å². The predicted octanol–water partition coefficient (Wildman–Crippen LogP) is 2.84. The molecule has 0 saturated heterocycles. The lowest BCUT2D eigenvalue weighted by Crippen LogP contribution is -2.12. The van der Waals surface area contributed by atoms with E-state index < -0.39 is 5.09 Å². The van der Waals surface area contributed by atoms with Gasteiger partial charge in [-0.1, -0.05) is 42.1 Å². The van der Waals surface area contributed by atoms with Crippen LogP contribution in [0.3, 0.4) is 0 Å². The van der Waals surface area contributed by atoms with Crippen LogP contribution in [-0.4, -0.2) is 16.1 Å². The van der Waals surface area contributed by atoms with Gasteiger partial charge in [-0.25, -0.2) is 4.99 Å². The maximum absolute atomic E-state index is 8.36. The standard InChI is InChI=1S/C13H10N2S.HNO3/c14-13-9-5-1-3-7-11(9)16-12-8-4-2-6-10(12)15-13;2-1(3)4/h1-8H,(H2,14,15);(H,2,3,4). The first-order valence-electron chi connectivity index (χ1n) is 5.61. The molecule has 0 amide bonds. The number of benzene rings is 2. The highest BCUT2D eigenvalue weighted by Gasteiger charge is 2.13. The number of nitrogens with two attached hydrogens (primary N) is 1. The molecule has 0 radical (unpaired) electrons. The fourth-order valence-corrected chi connectivity index (χ4v) is 2.74. The lowest BCUT2D eigenvalue weighted by atomic mass is 10.2. The molecule has 0 atom stereocenters. The van der Waals surface area contributed by atoms with Gasteiger partial charge in [0.1, 0.15) is 5.84 Å². The summed E-state index contributed by atoms with van der Waals surface area (Å²) in [4.78, 5) is 15.1. The SMILES string of the molecule is NC1=Nc2ccccc2Sc2ccccc21.O=[N+]([O-])O. The van der Waals surface area contributed by atoms with Crippen LogP contribution in [0.25, 0.3) is 0 Å². The highest BCUT2D eigenvalue weighted by molar-refractivity contribution is 7.99. The number of para-hydroxylation sites is 1. The average Bonchev–Trinajstić information content (AvgIpc) is 2.54. The smallest absolute Gasteiger partial charge is 0.291 e. The minimum atomic E-state index is -1.50. The number of nitrogens with zero attached hydrogens (tertiary/aromatic N) is 2. The molecule has 0 bridgehead atoms. The third kappa shape index (κ3) is 3.27. The van der Waals surface area contributed by atoms with Gasteiger partial charge in [-0.2, -0.15) is 0 Å². The number of hydrogen-bond donors (Lipinski definition) is 2. The first-order chi connectivity index (χ1) is 9.58. The fourth-order valence-electron chi connectivity index (χ4n) is 1.71. The average molecular weight is 289 g/mol. The first kappa shape index (κ1) is 13.9. The van der Waals surface area contributed by atoms with Gasteiger partial charge in [0.15, 0.2) is 0 Å². The number of amidine groups is 1. The minimum absolute atomic E-state index is 0.591. The van der Waals surface area contributed by atoms with Crippen LogP contribution in [0.1, 0.15) is 5.56 Å². The summed E-state index contributed by atoms with van der Waals surface area (Å²) in [5, 5.41) is 13.6. The maximum atomic E-state index is 8.36. The fraction of sp³-hybridized carbons (Fsp3) is 0. The zero-order chi connectivity index (χ0) is 14.5. The van der Waals surface area contributed by atoms with Crippen LogP contribution in [0.4, 0.5) is 5.69 Å². The highest BCUT2D eigenvalue weighted by atomic mass is 32.2. The lowest BCUT2D eigenvalue weighted by molar-refractivity contribution is -0.742. The van der Waals surface area contributed by atoms with E-state index in [1.807, 2.05) is 36.4 Å². The van der Waals surface area contributed by atoms with Crippen molar-refractivity contribution in [2.24, 2.45) is 10.7 Å². The Morgan fingerprint density at radius 3 is 2.35 bits per heavy atom. The molecule has 1 heterocycles. The zero-order valence-electron chi connectivity index (χ0n) is 10.3. The van der Waals surface area contributed by atoms with Gasteiger partial charge in [0.2, 0.25) is 0 Å². The molecule has 1 aliphatic heterocycles. The van der Waals surface area contributed by atoms with Crippen molar-refractivity contribution in [3.8, 4) is 0 Å². The van der Waals surface area contributed by atoms with Gasteiger partial charge in [-0.3, -0.25) is 0 Å². The lowest BCUT2D eigenvalue weighted by Gasteiger charge is -2.04. The summed E-state index contributed by atoms with van der Waals surface area (Å²) in [6, 6.07) is 16.1. The van der Waals surface area contributed by atoms with E-state index in [4.69, 9.17) is 21.1 Å². The van der Waals surface area contributed by atoms with Gasteiger partial charge in [0.05, 0.1) is 5.69 Å². The van der Waals surface area contributed by atoms with Crippen molar-refractivity contribution in [1.82, 2.24) is 0 Å². The van der Waals surface area contributed by atoms with Crippen molar-refractivity contribution in [3.05, 3.63) is 64.2 Å². The van der Waals surface area contributed by atoms with E-state index in [1.54, 1.807) is 11.8 Å². The Morgan fingerprint density at radius 2 is 1.65 bits per heavy atom. The molecule has 6 nitrogen and oxygen atoms in total. The first-order valence-corrected chi connectivity index (χ1v) is 6.43. The molecule has 20 heavy (non-hydrogen) atoms. The molecule has 3 N–H and O–H groups in total. The second-order valence-electron chi connectivity index (χ2n) is 3.80. The Balaban J connectivity index is 0.000000328. The molecule has 0 aromatic heterocycles. The molecule has 0 fully saturated rings. The zero-order valence-corrected chi connectivity index (χ0v) is 11.1. The summed E-state index contributed by atoms with van der Waals surface area (Å²) in [5.41, 5.74) is 7.96. The van der Waals surface area contributed by atoms with E-state index in [-0.39, 0.29) is 0 Å². The molecule has 2 aromatic rings. The van der Waals surface area contributed by atoms with Gasteiger partial charge < -0.3 is 10.9 Å². The minimum Gasteiger partial charge on any atom is -0.383 e. The molecule has 3 rings (SSSR count). The Hall–Kier alpha value is -2.54. The molecule has 1 aliphatic rings. The van der Waals surface area contributed by atoms with E-state index in [1.165, 1.54) is 0 Å². The summed E-state index contributed by atoms with van der Waals surface area (Å²) < 4.78 is 0. The second-order valence-corrected chi connectivity index (χ2v) is 4.88. The van der Waals surface area contributed by atoms with Crippen LogP contribution in [-0.2, 0) is 0 Å². The molecular formula is C13H11N3O3S. The van der Waals surface area contributed by atoms with Crippen LogP contribution >= 0.6 is 11.8 Å². The van der Waals surface area contributed by atoms with Crippen LogP contribution in [0.2, 0.25) is 0 Å². The number of hydrogen-bond acceptors (Lipinski definition) is 5. The Morgan fingerprint density at radius 1 is 1.10 bits per heavy atom. The van der Waals surface area contributed by atoms with Gasteiger partial charge in [0.25, 0.3) is 5.09 Å². The van der Waals surface area contributed by atoms with Crippen LogP contribution < -0.4 is 5.73 Å². The highest BCUT2D eigenvalue weighted by Crippen LogP contribution is 2.39. The van der Waals surface area contributed by atoms with E-state index in [9.17, 15) is 0 Å². The largest absolute Gasteiger partial charge is 0.383 e. The van der Waals surface area contributed by atoms with Crippen LogP contribution in [0.15, 0.2) is 63.3 Å². The topological polar surface area (TPSA) is 102 Å². The normalized spacial score (nSPS) is 11.9. The molecule has 7 heteroatoms. The van der Waals surface area contributed by atoms with Gasteiger partial charge >= 0.3 is 0 Å². The molecule has 102 valence electrons. The van der Waals surface area contributed by atoms with Crippen molar-refractivity contribution in [1.29, 1.82) is 0 Å².